The van der Waals surface area contributed by atoms with Gasteiger partial charge in [0.05, 0.1) is 0 Å². The van der Waals surface area contributed by atoms with Crippen LogP contribution < -0.4 is 5.32 Å². The van der Waals surface area contributed by atoms with Crippen LogP contribution in [0, 0.1) is 5.92 Å². The third kappa shape index (κ3) is 2.05. The Bertz CT molecular complexity index is 169. The van der Waals surface area contributed by atoms with Crippen LogP contribution in [0.4, 0.5) is 0 Å². The van der Waals surface area contributed by atoms with Gasteiger partial charge in [-0.3, -0.25) is 0 Å². The van der Waals surface area contributed by atoms with Crippen molar-refractivity contribution in [2.75, 3.05) is 20.1 Å². The average Bonchev–Trinajstić information content (AvgIpc) is 2.30. The van der Waals surface area contributed by atoms with E-state index in [-0.39, 0.29) is 0 Å². The average molecular weight is 182 g/mol. The van der Waals surface area contributed by atoms with Gasteiger partial charge in [-0.2, -0.15) is 0 Å². The van der Waals surface area contributed by atoms with Crippen molar-refractivity contribution in [3.8, 4) is 0 Å². The van der Waals surface area contributed by atoms with Crippen molar-refractivity contribution in [2.24, 2.45) is 5.92 Å². The number of nitrogens with one attached hydrogen (secondary N) is 1. The van der Waals surface area contributed by atoms with Gasteiger partial charge in [-0.25, -0.2) is 0 Å². The number of nitrogens with zero attached hydrogens (tertiary/aromatic N) is 1. The van der Waals surface area contributed by atoms with E-state index in [1.54, 1.807) is 0 Å². The maximum Gasteiger partial charge on any atom is 0.0246 e. The molecule has 3 atom stereocenters. The highest BCUT2D eigenvalue weighted by atomic mass is 15.2. The van der Waals surface area contributed by atoms with Crippen molar-refractivity contribution in [3.05, 3.63) is 0 Å². The van der Waals surface area contributed by atoms with Gasteiger partial charge in [0.25, 0.3) is 0 Å². The Morgan fingerprint density at radius 3 is 2.92 bits per heavy atom. The van der Waals surface area contributed by atoms with Crippen LogP contribution in [-0.4, -0.2) is 37.1 Å². The molecule has 0 aromatic carbocycles. The van der Waals surface area contributed by atoms with Gasteiger partial charge in [0.15, 0.2) is 0 Å². The highest BCUT2D eigenvalue weighted by Crippen LogP contribution is 2.24. The molecular weight excluding hydrogens is 160 g/mol. The Balaban J connectivity index is 2.00. The SMILES string of the molecule is CC1CCC2C(CCCN2C)NC1. The lowest BCUT2D eigenvalue weighted by atomic mass is 9.93. The van der Waals surface area contributed by atoms with Crippen LogP contribution >= 0.6 is 0 Å². The smallest absolute Gasteiger partial charge is 0.0246 e. The number of likely N-dealkylation sites (N-methyl/N-ethyl adjacent to an activating group) is 1. The Kier molecular flexibility index (Phi) is 2.89. The van der Waals surface area contributed by atoms with Crippen molar-refractivity contribution < 1.29 is 0 Å². The van der Waals surface area contributed by atoms with Gasteiger partial charge in [-0.05, 0) is 51.7 Å². The van der Waals surface area contributed by atoms with E-state index in [4.69, 9.17) is 0 Å². The molecule has 76 valence electrons. The first kappa shape index (κ1) is 9.47. The second-order valence-corrected chi connectivity index (χ2v) is 4.89. The van der Waals surface area contributed by atoms with Crippen LogP contribution in [0.1, 0.15) is 32.6 Å². The van der Waals surface area contributed by atoms with Gasteiger partial charge >= 0.3 is 0 Å². The topological polar surface area (TPSA) is 15.3 Å². The Hall–Kier alpha value is -0.0800. The van der Waals surface area contributed by atoms with E-state index in [1.165, 1.54) is 38.8 Å². The van der Waals surface area contributed by atoms with Crippen molar-refractivity contribution in [1.29, 1.82) is 0 Å². The zero-order chi connectivity index (χ0) is 9.26. The van der Waals surface area contributed by atoms with Gasteiger partial charge in [0, 0.05) is 12.1 Å². The van der Waals surface area contributed by atoms with Crippen LogP contribution in [0.2, 0.25) is 0 Å². The largest absolute Gasteiger partial charge is 0.312 e. The standard InChI is InChI=1S/C11H22N2/c1-9-5-6-11-10(12-8-9)4-3-7-13(11)2/h9-12H,3-8H2,1-2H3. The zero-order valence-electron chi connectivity index (χ0n) is 8.92. The van der Waals surface area contributed by atoms with Crippen LogP contribution in [0.5, 0.6) is 0 Å². The lowest BCUT2D eigenvalue weighted by Crippen LogP contribution is -2.51. The van der Waals surface area contributed by atoms with E-state index in [0.29, 0.717) is 0 Å². The normalized spacial score (nSPS) is 42.5. The number of hydrogen-bond donors (Lipinski definition) is 1. The van der Waals surface area contributed by atoms with E-state index < -0.39 is 0 Å². The summed E-state index contributed by atoms with van der Waals surface area (Å²) in [7, 11) is 2.29. The lowest BCUT2D eigenvalue weighted by molar-refractivity contribution is 0.142. The first-order valence-electron chi connectivity index (χ1n) is 5.71. The molecule has 2 aliphatic heterocycles. The minimum absolute atomic E-state index is 0.781. The molecule has 2 heteroatoms. The van der Waals surface area contributed by atoms with Gasteiger partial charge in [0.1, 0.15) is 0 Å². The number of fused-ring (bicyclic) bond motifs is 1. The second-order valence-electron chi connectivity index (χ2n) is 4.89. The van der Waals surface area contributed by atoms with Crippen LogP contribution in [-0.2, 0) is 0 Å². The number of likely N-dealkylation sites (tertiary alicyclic amines) is 1. The maximum absolute atomic E-state index is 3.72. The third-order valence-corrected chi connectivity index (χ3v) is 3.74. The molecule has 2 saturated heterocycles. The summed E-state index contributed by atoms with van der Waals surface area (Å²) < 4.78 is 0. The summed E-state index contributed by atoms with van der Waals surface area (Å²) in [5.41, 5.74) is 0. The predicted octanol–water partition coefficient (Wildman–Crippen LogP) is 1.47. The fourth-order valence-corrected chi connectivity index (χ4v) is 2.80. The van der Waals surface area contributed by atoms with E-state index in [9.17, 15) is 0 Å². The first-order valence-corrected chi connectivity index (χ1v) is 5.71. The Morgan fingerprint density at radius 1 is 1.23 bits per heavy atom. The van der Waals surface area contributed by atoms with Gasteiger partial charge in [-0.1, -0.05) is 6.92 Å². The lowest BCUT2D eigenvalue weighted by Gasteiger charge is -2.38. The Labute approximate surface area is 81.7 Å². The predicted molar refractivity (Wildman–Crippen MR) is 55.8 cm³/mol. The molecule has 2 aliphatic rings. The summed E-state index contributed by atoms with van der Waals surface area (Å²) in [6, 6.07) is 1.60. The molecule has 2 heterocycles. The molecule has 0 spiro atoms. The number of rotatable bonds is 0. The summed E-state index contributed by atoms with van der Waals surface area (Å²) in [5, 5.41) is 3.72. The third-order valence-electron chi connectivity index (χ3n) is 3.74. The minimum atomic E-state index is 0.781. The van der Waals surface area contributed by atoms with Gasteiger partial charge < -0.3 is 10.2 Å². The molecule has 0 aromatic rings. The highest BCUT2D eigenvalue weighted by molar-refractivity contribution is 4.90. The fraction of sp³-hybridized carbons (Fsp3) is 1.00. The van der Waals surface area contributed by atoms with Crippen LogP contribution in [0.25, 0.3) is 0 Å². The van der Waals surface area contributed by atoms with E-state index in [2.05, 4.69) is 24.2 Å². The summed E-state index contributed by atoms with van der Waals surface area (Å²) in [5.74, 6) is 0.874. The van der Waals surface area contributed by atoms with Crippen molar-refractivity contribution >= 4 is 0 Å². The summed E-state index contributed by atoms with van der Waals surface area (Å²) >= 11 is 0. The van der Waals surface area contributed by atoms with Crippen molar-refractivity contribution in [3.63, 3.8) is 0 Å². The molecule has 0 radical (unpaired) electrons. The van der Waals surface area contributed by atoms with E-state index in [0.717, 1.165) is 18.0 Å². The van der Waals surface area contributed by atoms with Gasteiger partial charge in [-0.15, -0.1) is 0 Å². The van der Waals surface area contributed by atoms with Crippen LogP contribution in [0.15, 0.2) is 0 Å². The van der Waals surface area contributed by atoms with Crippen molar-refractivity contribution in [2.45, 2.75) is 44.7 Å². The molecule has 13 heavy (non-hydrogen) atoms. The minimum Gasteiger partial charge on any atom is -0.312 e. The zero-order valence-corrected chi connectivity index (χ0v) is 8.92. The summed E-state index contributed by atoms with van der Waals surface area (Å²) in [6.07, 6.45) is 5.56. The van der Waals surface area contributed by atoms with Crippen LogP contribution in [0.3, 0.4) is 0 Å². The van der Waals surface area contributed by atoms with E-state index >= 15 is 0 Å². The summed E-state index contributed by atoms with van der Waals surface area (Å²) in [4.78, 5) is 2.55. The molecular formula is C11H22N2. The molecule has 0 amide bonds. The molecule has 1 N–H and O–H groups in total. The Morgan fingerprint density at radius 2 is 2.08 bits per heavy atom. The molecule has 3 unspecified atom stereocenters. The quantitative estimate of drug-likeness (QED) is 0.610. The fourth-order valence-electron chi connectivity index (χ4n) is 2.80. The molecule has 0 aliphatic carbocycles. The molecule has 0 bridgehead atoms. The summed E-state index contributed by atoms with van der Waals surface area (Å²) in [6.45, 7) is 4.90. The number of hydrogen-bond acceptors (Lipinski definition) is 2. The first-order chi connectivity index (χ1) is 6.27. The molecule has 2 rings (SSSR count). The molecule has 2 nitrogen and oxygen atoms in total. The highest BCUT2D eigenvalue weighted by Gasteiger charge is 2.30. The molecule has 0 saturated carbocycles. The molecule has 2 fully saturated rings. The number of piperidine rings is 1. The second kappa shape index (κ2) is 3.97. The monoisotopic (exact) mass is 182 g/mol. The van der Waals surface area contributed by atoms with E-state index in [1.807, 2.05) is 0 Å². The van der Waals surface area contributed by atoms with Crippen molar-refractivity contribution in [1.82, 2.24) is 10.2 Å². The molecule has 0 aromatic heterocycles. The maximum atomic E-state index is 3.72. The van der Waals surface area contributed by atoms with Gasteiger partial charge in [0.2, 0.25) is 0 Å².